The first-order valence-corrected chi connectivity index (χ1v) is 9.10. The lowest BCUT2D eigenvalue weighted by atomic mass is 9.78. The van der Waals surface area contributed by atoms with Gasteiger partial charge in [-0.15, -0.1) is 12.4 Å². The summed E-state index contributed by atoms with van der Waals surface area (Å²) in [6.45, 7) is 4.34. The summed E-state index contributed by atoms with van der Waals surface area (Å²) in [4.78, 5) is 12.8. The van der Waals surface area contributed by atoms with E-state index in [0.29, 0.717) is 6.61 Å². The van der Waals surface area contributed by atoms with Gasteiger partial charge in [-0.05, 0) is 63.4 Å². The standard InChI is InChI=1S/C18H27BrN2O2.ClH/c1-14(3-4-15-5-7-16(19)8-6-15)21-17(22)18(13-23-2)9-11-20-12-10-18;/h5-8,14,20H,3-4,9-13H2,1-2H3,(H,21,22);1H. The van der Waals surface area contributed by atoms with Crippen molar-refractivity contribution in [2.24, 2.45) is 5.41 Å². The van der Waals surface area contributed by atoms with Crippen molar-refractivity contribution in [3.05, 3.63) is 34.3 Å². The van der Waals surface area contributed by atoms with E-state index in [-0.39, 0.29) is 29.8 Å². The van der Waals surface area contributed by atoms with Gasteiger partial charge in [0, 0.05) is 17.6 Å². The van der Waals surface area contributed by atoms with Crippen molar-refractivity contribution in [1.82, 2.24) is 10.6 Å². The first kappa shape index (κ1) is 21.4. The number of piperidine rings is 1. The van der Waals surface area contributed by atoms with Crippen molar-refractivity contribution in [3.8, 4) is 0 Å². The summed E-state index contributed by atoms with van der Waals surface area (Å²) in [5.41, 5.74) is 0.925. The number of amides is 1. The van der Waals surface area contributed by atoms with Gasteiger partial charge < -0.3 is 15.4 Å². The molecule has 0 spiro atoms. The van der Waals surface area contributed by atoms with Gasteiger partial charge in [0.2, 0.25) is 5.91 Å². The van der Waals surface area contributed by atoms with E-state index in [1.807, 2.05) is 0 Å². The molecule has 1 atom stereocenters. The van der Waals surface area contributed by atoms with E-state index in [9.17, 15) is 4.79 Å². The van der Waals surface area contributed by atoms with Gasteiger partial charge in [-0.2, -0.15) is 0 Å². The van der Waals surface area contributed by atoms with Crippen molar-refractivity contribution < 1.29 is 9.53 Å². The van der Waals surface area contributed by atoms with E-state index >= 15 is 0 Å². The lowest BCUT2D eigenvalue weighted by Crippen LogP contribution is -2.52. The summed E-state index contributed by atoms with van der Waals surface area (Å²) >= 11 is 3.45. The fraction of sp³-hybridized carbons (Fsp3) is 0.611. The van der Waals surface area contributed by atoms with Gasteiger partial charge >= 0.3 is 0 Å². The Morgan fingerprint density at radius 1 is 1.33 bits per heavy atom. The third-order valence-corrected chi connectivity index (χ3v) is 5.15. The molecule has 1 aliphatic rings. The molecule has 24 heavy (non-hydrogen) atoms. The highest BCUT2D eigenvalue weighted by atomic mass is 79.9. The Morgan fingerprint density at radius 3 is 2.54 bits per heavy atom. The number of carbonyl (C=O) groups is 1. The third kappa shape index (κ3) is 6.03. The Balaban J connectivity index is 0.00000288. The van der Waals surface area contributed by atoms with Crippen LogP contribution < -0.4 is 10.6 Å². The number of rotatable bonds is 7. The van der Waals surface area contributed by atoms with Crippen LogP contribution in [0.25, 0.3) is 0 Å². The first-order chi connectivity index (χ1) is 11.1. The summed E-state index contributed by atoms with van der Waals surface area (Å²) in [5, 5.41) is 6.52. The largest absolute Gasteiger partial charge is 0.384 e. The maximum absolute atomic E-state index is 12.8. The predicted octanol–water partition coefficient (Wildman–Crippen LogP) is 3.32. The predicted molar refractivity (Wildman–Crippen MR) is 104 cm³/mol. The number of carbonyl (C=O) groups excluding carboxylic acids is 1. The molecule has 136 valence electrons. The third-order valence-electron chi connectivity index (χ3n) is 4.62. The molecule has 0 radical (unpaired) electrons. The Hall–Kier alpha value is -0.620. The summed E-state index contributed by atoms with van der Waals surface area (Å²) < 4.78 is 6.43. The van der Waals surface area contributed by atoms with E-state index in [4.69, 9.17) is 4.74 Å². The van der Waals surface area contributed by atoms with Gasteiger partial charge in [0.05, 0.1) is 12.0 Å². The van der Waals surface area contributed by atoms with Crippen LogP contribution in [0.15, 0.2) is 28.7 Å². The molecular weight excluding hydrogens is 392 g/mol. The van der Waals surface area contributed by atoms with Crippen LogP contribution in [-0.2, 0) is 16.0 Å². The van der Waals surface area contributed by atoms with E-state index < -0.39 is 0 Å². The Morgan fingerprint density at radius 2 is 1.96 bits per heavy atom. The lowest BCUT2D eigenvalue weighted by Gasteiger charge is -2.36. The van der Waals surface area contributed by atoms with Crippen LogP contribution in [-0.4, -0.2) is 38.8 Å². The molecule has 2 N–H and O–H groups in total. The Bertz CT molecular complexity index is 499. The zero-order chi connectivity index (χ0) is 16.7. The van der Waals surface area contributed by atoms with Gasteiger partial charge in [-0.3, -0.25) is 4.79 Å². The summed E-state index contributed by atoms with van der Waals surface area (Å²) in [6.07, 6.45) is 3.58. The van der Waals surface area contributed by atoms with Crippen LogP contribution in [0.2, 0.25) is 0 Å². The summed E-state index contributed by atoms with van der Waals surface area (Å²) in [5.74, 6) is 0.143. The minimum absolute atomic E-state index is 0. The number of methoxy groups -OCH3 is 1. The van der Waals surface area contributed by atoms with Crippen molar-refractivity contribution in [3.63, 3.8) is 0 Å². The number of hydrogen-bond acceptors (Lipinski definition) is 3. The molecule has 1 aliphatic heterocycles. The van der Waals surface area contributed by atoms with Gasteiger partial charge in [0.15, 0.2) is 0 Å². The molecule has 2 rings (SSSR count). The molecule has 0 saturated carbocycles. The highest BCUT2D eigenvalue weighted by Gasteiger charge is 2.39. The minimum Gasteiger partial charge on any atom is -0.384 e. The van der Waals surface area contributed by atoms with Gasteiger partial charge in [0.25, 0.3) is 0 Å². The number of hydrogen-bond donors (Lipinski definition) is 2. The Kier molecular flexibility index (Phi) is 9.27. The van der Waals surface area contributed by atoms with Gasteiger partial charge in [-0.25, -0.2) is 0 Å². The summed E-state index contributed by atoms with van der Waals surface area (Å²) in [7, 11) is 1.67. The minimum atomic E-state index is -0.369. The molecule has 1 saturated heterocycles. The van der Waals surface area contributed by atoms with Crippen molar-refractivity contribution >= 4 is 34.2 Å². The molecule has 1 heterocycles. The fourth-order valence-corrected chi connectivity index (χ4v) is 3.37. The van der Waals surface area contributed by atoms with Gasteiger partial charge in [-0.1, -0.05) is 28.1 Å². The van der Waals surface area contributed by atoms with E-state index in [2.05, 4.69) is 57.8 Å². The van der Waals surface area contributed by atoms with Crippen molar-refractivity contribution in [1.29, 1.82) is 0 Å². The number of halogens is 2. The monoisotopic (exact) mass is 418 g/mol. The fourth-order valence-electron chi connectivity index (χ4n) is 3.10. The molecule has 1 unspecified atom stereocenters. The molecular formula is C18H28BrClN2O2. The molecule has 4 nitrogen and oxygen atoms in total. The molecule has 1 aromatic rings. The molecule has 0 aliphatic carbocycles. The zero-order valence-corrected chi connectivity index (χ0v) is 16.8. The summed E-state index contributed by atoms with van der Waals surface area (Å²) in [6, 6.07) is 8.52. The maximum atomic E-state index is 12.8. The topological polar surface area (TPSA) is 50.4 Å². The number of benzene rings is 1. The van der Waals surface area contributed by atoms with E-state index in [0.717, 1.165) is 43.2 Å². The quantitative estimate of drug-likeness (QED) is 0.713. The second-order valence-corrected chi connectivity index (χ2v) is 7.42. The maximum Gasteiger partial charge on any atom is 0.228 e. The highest BCUT2D eigenvalue weighted by Crippen LogP contribution is 2.29. The SMILES string of the molecule is COCC1(C(=O)NC(C)CCc2ccc(Br)cc2)CCNCC1.Cl. The normalized spacial score (nSPS) is 17.6. The first-order valence-electron chi connectivity index (χ1n) is 8.31. The van der Waals surface area contributed by atoms with Crippen LogP contribution in [0, 0.1) is 5.41 Å². The molecule has 1 aromatic carbocycles. The molecule has 1 amide bonds. The van der Waals surface area contributed by atoms with Gasteiger partial charge in [0.1, 0.15) is 0 Å². The number of nitrogens with one attached hydrogen (secondary N) is 2. The highest BCUT2D eigenvalue weighted by molar-refractivity contribution is 9.10. The smallest absolute Gasteiger partial charge is 0.228 e. The second kappa shape index (κ2) is 10.4. The number of ether oxygens (including phenoxy) is 1. The number of aryl methyl sites for hydroxylation is 1. The average molecular weight is 420 g/mol. The van der Waals surface area contributed by atoms with Crippen LogP contribution in [0.4, 0.5) is 0 Å². The van der Waals surface area contributed by atoms with E-state index in [1.54, 1.807) is 7.11 Å². The van der Waals surface area contributed by atoms with Crippen LogP contribution in [0.1, 0.15) is 31.7 Å². The average Bonchev–Trinajstić information content (AvgIpc) is 2.55. The van der Waals surface area contributed by atoms with Crippen LogP contribution >= 0.6 is 28.3 Å². The molecule has 1 fully saturated rings. The second-order valence-electron chi connectivity index (χ2n) is 6.50. The van der Waals surface area contributed by atoms with Crippen molar-refractivity contribution in [2.75, 3.05) is 26.8 Å². The van der Waals surface area contributed by atoms with Crippen LogP contribution in [0.3, 0.4) is 0 Å². The lowest BCUT2D eigenvalue weighted by molar-refractivity contribution is -0.136. The zero-order valence-electron chi connectivity index (χ0n) is 14.4. The molecule has 0 bridgehead atoms. The van der Waals surface area contributed by atoms with Crippen molar-refractivity contribution in [2.45, 2.75) is 38.6 Å². The van der Waals surface area contributed by atoms with Crippen LogP contribution in [0.5, 0.6) is 0 Å². The molecule has 6 heteroatoms. The Labute approximate surface area is 159 Å². The molecule has 0 aromatic heterocycles. The van der Waals surface area contributed by atoms with E-state index in [1.165, 1.54) is 5.56 Å².